The van der Waals surface area contributed by atoms with Crippen LogP contribution in [-0.2, 0) is 15.1 Å². The lowest BCUT2D eigenvalue weighted by Crippen LogP contribution is -2.60. The number of esters is 1. The Labute approximate surface area is 187 Å². The lowest BCUT2D eigenvalue weighted by molar-refractivity contribution is -0.179. The first kappa shape index (κ1) is 21.5. The van der Waals surface area contributed by atoms with E-state index in [1.807, 2.05) is 0 Å². The fraction of sp³-hybridized carbons (Fsp3) is 0.500. The van der Waals surface area contributed by atoms with Crippen LogP contribution in [0.2, 0.25) is 0 Å². The molecule has 2 heterocycles. The fourth-order valence-electron chi connectivity index (χ4n) is 6.33. The van der Waals surface area contributed by atoms with Crippen LogP contribution < -0.4 is 0 Å². The van der Waals surface area contributed by atoms with Gasteiger partial charge in [-0.05, 0) is 74.0 Å². The highest BCUT2D eigenvalue weighted by atomic mass is 19.1. The van der Waals surface area contributed by atoms with Crippen LogP contribution in [0.4, 0.5) is 8.78 Å². The molecule has 2 aliphatic heterocycles. The largest absolute Gasteiger partial charge is 0.459 e. The van der Waals surface area contributed by atoms with Gasteiger partial charge in [0, 0.05) is 23.9 Å². The molecule has 1 saturated carbocycles. The van der Waals surface area contributed by atoms with E-state index in [4.69, 9.17) is 4.74 Å². The Bertz CT molecular complexity index is 959. The van der Waals surface area contributed by atoms with E-state index in [-0.39, 0.29) is 28.7 Å². The molecular weight excluding hydrogens is 412 g/mol. The van der Waals surface area contributed by atoms with E-state index in [0.717, 1.165) is 19.3 Å². The second-order valence-corrected chi connectivity index (χ2v) is 9.76. The van der Waals surface area contributed by atoms with Crippen LogP contribution in [0.15, 0.2) is 48.5 Å². The van der Waals surface area contributed by atoms with Crippen LogP contribution in [0.25, 0.3) is 0 Å². The molecule has 1 aliphatic carbocycles. The maximum atomic E-state index is 13.6. The van der Waals surface area contributed by atoms with Crippen LogP contribution >= 0.6 is 0 Å². The minimum atomic E-state index is -2.16. The molecule has 1 N–H and O–H groups in total. The number of benzene rings is 2. The zero-order valence-electron chi connectivity index (χ0n) is 18.4. The van der Waals surface area contributed by atoms with Crippen molar-refractivity contribution in [2.75, 3.05) is 7.05 Å². The third-order valence-electron chi connectivity index (χ3n) is 8.30. The fourth-order valence-corrected chi connectivity index (χ4v) is 6.33. The van der Waals surface area contributed by atoms with Crippen LogP contribution in [0, 0.1) is 23.5 Å². The molecule has 4 nitrogen and oxygen atoms in total. The maximum absolute atomic E-state index is 13.6. The first-order valence-electron chi connectivity index (χ1n) is 11.5. The van der Waals surface area contributed by atoms with E-state index in [1.54, 1.807) is 0 Å². The average molecular weight is 442 g/mol. The third kappa shape index (κ3) is 3.19. The van der Waals surface area contributed by atoms with Crippen molar-refractivity contribution in [2.45, 2.75) is 62.3 Å². The van der Waals surface area contributed by atoms with Crippen LogP contribution in [0.5, 0.6) is 0 Å². The molecule has 2 bridgehead atoms. The number of aliphatic hydroxyl groups is 1. The van der Waals surface area contributed by atoms with Crippen molar-refractivity contribution in [3.05, 3.63) is 71.3 Å². The molecule has 0 radical (unpaired) electrons. The molecule has 4 atom stereocenters. The van der Waals surface area contributed by atoms with Crippen LogP contribution in [0.3, 0.4) is 0 Å². The van der Waals surface area contributed by atoms with E-state index in [0.29, 0.717) is 12.0 Å². The summed E-state index contributed by atoms with van der Waals surface area (Å²) in [5.41, 5.74) is -1.74. The van der Waals surface area contributed by atoms with Crippen molar-refractivity contribution in [3.8, 4) is 0 Å². The molecule has 0 spiro atoms. The summed E-state index contributed by atoms with van der Waals surface area (Å²) >= 11 is 0. The quantitative estimate of drug-likeness (QED) is 0.699. The molecule has 6 heteroatoms. The number of hydrogen-bond acceptors (Lipinski definition) is 4. The van der Waals surface area contributed by atoms with E-state index in [9.17, 15) is 18.7 Å². The average Bonchev–Trinajstić information content (AvgIpc) is 3.59. The summed E-state index contributed by atoms with van der Waals surface area (Å²) < 4.78 is 33.2. The number of ether oxygens (including phenoxy) is 1. The highest BCUT2D eigenvalue weighted by Crippen LogP contribution is 2.58. The number of halogens is 2. The summed E-state index contributed by atoms with van der Waals surface area (Å²) in [6.07, 6.45) is 5.01. The van der Waals surface area contributed by atoms with Crippen LogP contribution in [-0.4, -0.2) is 40.7 Å². The molecule has 2 aromatic rings. The van der Waals surface area contributed by atoms with Gasteiger partial charge < -0.3 is 9.84 Å². The molecule has 5 rings (SSSR count). The number of carbonyl (C=O) groups excluding carboxylic acids is 1. The molecule has 3 aliphatic rings. The number of rotatable bonds is 5. The normalized spacial score (nSPS) is 30.3. The monoisotopic (exact) mass is 441 g/mol. The molecule has 2 aromatic carbocycles. The van der Waals surface area contributed by atoms with Crippen LogP contribution in [0.1, 0.15) is 50.2 Å². The Balaban J connectivity index is 1.48. The van der Waals surface area contributed by atoms with Gasteiger partial charge in [0.1, 0.15) is 17.7 Å². The van der Waals surface area contributed by atoms with Gasteiger partial charge in [-0.25, -0.2) is 13.6 Å². The topological polar surface area (TPSA) is 49.8 Å². The van der Waals surface area contributed by atoms with Crippen molar-refractivity contribution in [1.29, 1.82) is 0 Å². The van der Waals surface area contributed by atoms with Gasteiger partial charge in [0.05, 0.1) is 0 Å². The van der Waals surface area contributed by atoms with E-state index in [1.165, 1.54) is 61.4 Å². The van der Waals surface area contributed by atoms with Crippen molar-refractivity contribution >= 4 is 5.97 Å². The zero-order valence-corrected chi connectivity index (χ0v) is 18.4. The Morgan fingerprint density at radius 1 is 1.03 bits per heavy atom. The number of hydrogen-bond donors (Lipinski definition) is 1. The molecule has 32 heavy (non-hydrogen) atoms. The van der Waals surface area contributed by atoms with Gasteiger partial charge in [-0.3, -0.25) is 4.90 Å². The van der Waals surface area contributed by atoms with Gasteiger partial charge in [0.2, 0.25) is 5.60 Å². The molecule has 170 valence electrons. The van der Waals surface area contributed by atoms with E-state index >= 15 is 0 Å². The number of piperidine rings is 1. The lowest BCUT2D eigenvalue weighted by atomic mass is 9.73. The van der Waals surface area contributed by atoms with Gasteiger partial charge in [0.15, 0.2) is 0 Å². The summed E-state index contributed by atoms with van der Waals surface area (Å²) in [5, 5.41) is 11.7. The standard InChI is InChI=1S/C26H29F2NO3/c1-16-23(15-22-13-14-25(16,29(22)2)17-3-4-17)32-24(30)26(31,18-5-9-20(27)10-6-18)19-7-11-21(28)12-8-19/h5-12,16-17,22-23,31H,3-4,13-15H2,1-2H3. The Morgan fingerprint density at radius 2 is 1.56 bits per heavy atom. The predicted molar refractivity (Wildman–Crippen MR) is 116 cm³/mol. The van der Waals surface area contributed by atoms with E-state index in [2.05, 4.69) is 18.9 Å². The Hall–Kier alpha value is -2.31. The minimum absolute atomic E-state index is 0.0394. The summed E-state index contributed by atoms with van der Waals surface area (Å²) in [4.78, 5) is 16.1. The van der Waals surface area contributed by atoms with Gasteiger partial charge in [-0.1, -0.05) is 31.2 Å². The molecular formula is C26H29F2NO3. The summed E-state index contributed by atoms with van der Waals surface area (Å²) in [7, 11) is 2.19. The SMILES string of the molecule is CC1C(OC(=O)C(O)(c2ccc(F)cc2)c2ccc(F)cc2)CC2CCC1(C1CC1)N2C. The molecule has 0 amide bonds. The Morgan fingerprint density at radius 3 is 2.06 bits per heavy atom. The van der Waals surface area contributed by atoms with Gasteiger partial charge in [0.25, 0.3) is 0 Å². The molecule has 0 aromatic heterocycles. The second-order valence-electron chi connectivity index (χ2n) is 9.76. The van der Waals surface area contributed by atoms with Crippen molar-refractivity contribution in [3.63, 3.8) is 0 Å². The summed E-state index contributed by atoms with van der Waals surface area (Å²) in [6, 6.07) is 10.6. The second kappa shape index (κ2) is 7.63. The zero-order chi connectivity index (χ0) is 22.7. The first-order chi connectivity index (χ1) is 15.3. The number of fused-ring (bicyclic) bond motifs is 2. The van der Waals surface area contributed by atoms with Gasteiger partial charge in [-0.15, -0.1) is 0 Å². The highest BCUT2D eigenvalue weighted by molar-refractivity contribution is 5.85. The molecule has 3 fully saturated rings. The van der Waals surface area contributed by atoms with Gasteiger partial charge >= 0.3 is 5.97 Å². The highest BCUT2D eigenvalue weighted by Gasteiger charge is 2.62. The molecule has 2 saturated heterocycles. The Kier molecular flexibility index (Phi) is 5.13. The lowest BCUT2D eigenvalue weighted by Gasteiger charge is -2.51. The first-order valence-corrected chi connectivity index (χ1v) is 11.5. The van der Waals surface area contributed by atoms with E-state index < -0.39 is 23.2 Å². The number of carbonyl (C=O) groups is 1. The van der Waals surface area contributed by atoms with Crippen molar-refractivity contribution in [1.82, 2.24) is 4.90 Å². The summed E-state index contributed by atoms with van der Waals surface area (Å²) in [6.45, 7) is 2.16. The van der Waals surface area contributed by atoms with Gasteiger partial charge in [-0.2, -0.15) is 0 Å². The minimum Gasteiger partial charge on any atom is -0.459 e. The summed E-state index contributed by atoms with van der Waals surface area (Å²) in [5.74, 6) is -0.996. The maximum Gasteiger partial charge on any atom is 0.347 e. The van der Waals surface area contributed by atoms with Crippen molar-refractivity contribution in [2.24, 2.45) is 11.8 Å². The number of nitrogens with zero attached hydrogens (tertiary/aromatic N) is 1. The molecule has 4 unspecified atom stereocenters. The van der Waals surface area contributed by atoms with Crippen molar-refractivity contribution < 1.29 is 23.4 Å². The smallest absolute Gasteiger partial charge is 0.347 e. The third-order valence-corrected chi connectivity index (χ3v) is 8.30. The predicted octanol–water partition coefficient (Wildman–Crippen LogP) is 4.40.